The number of rotatable bonds is 8. The van der Waals surface area contributed by atoms with Gasteiger partial charge in [0.05, 0.1) is 31.6 Å². The number of nitrogens with one attached hydrogen (secondary N) is 1. The van der Waals surface area contributed by atoms with Gasteiger partial charge in [0.1, 0.15) is 5.75 Å². The van der Waals surface area contributed by atoms with E-state index in [0.29, 0.717) is 31.9 Å². The van der Waals surface area contributed by atoms with Crippen LogP contribution in [0.25, 0.3) is 0 Å². The first-order valence-electron chi connectivity index (χ1n) is 7.98. The lowest BCUT2D eigenvalue weighted by Crippen LogP contribution is -2.35. The SMILES string of the molecule is CCCN(Cc1ccccc1O)C(=O)Nc1cnn(CCOC)c1. The average Bonchev–Trinajstić information content (AvgIpc) is 3.01. The van der Waals surface area contributed by atoms with E-state index in [4.69, 9.17) is 4.74 Å². The maximum absolute atomic E-state index is 12.5. The Morgan fingerprint density at radius 3 is 2.92 bits per heavy atom. The second-order valence-corrected chi connectivity index (χ2v) is 5.47. The van der Waals surface area contributed by atoms with Crippen molar-refractivity contribution in [3.8, 4) is 5.75 Å². The van der Waals surface area contributed by atoms with E-state index in [-0.39, 0.29) is 11.8 Å². The fraction of sp³-hybridized carbons (Fsp3) is 0.412. The van der Waals surface area contributed by atoms with Gasteiger partial charge < -0.3 is 20.1 Å². The minimum Gasteiger partial charge on any atom is -0.508 e. The number of para-hydroxylation sites is 1. The first-order chi connectivity index (χ1) is 11.6. The molecule has 2 amide bonds. The van der Waals surface area contributed by atoms with Gasteiger partial charge in [-0.3, -0.25) is 4.68 Å². The van der Waals surface area contributed by atoms with Crippen molar-refractivity contribution in [2.75, 3.05) is 25.6 Å². The summed E-state index contributed by atoms with van der Waals surface area (Å²) in [6, 6.07) is 6.83. The van der Waals surface area contributed by atoms with Crippen LogP contribution in [0.2, 0.25) is 0 Å². The zero-order chi connectivity index (χ0) is 17.4. The van der Waals surface area contributed by atoms with Crippen molar-refractivity contribution in [2.24, 2.45) is 0 Å². The summed E-state index contributed by atoms with van der Waals surface area (Å²) in [5, 5.41) is 16.9. The van der Waals surface area contributed by atoms with Gasteiger partial charge >= 0.3 is 6.03 Å². The molecule has 1 heterocycles. The maximum Gasteiger partial charge on any atom is 0.322 e. The second kappa shape index (κ2) is 8.93. The Bertz CT molecular complexity index is 657. The fourth-order valence-electron chi connectivity index (χ4n) is 2.31. The quantitative estimate of drug-likeness (QED) is 0.779. The molecule has 0 aliphatic rings. The fourth-order valence-corrected chi connectivity index (χ4v) is 2.31. The van der Waals surface area contributed by atoms with Gasteiger partial charge in [-0.15, -0.1) is 0 Å². The third kappa shape index (κ3) is 4.99. The van der Waals surface area contributed by atoms with Crippen LogP contribution >= 0.6 is 0 Å². The van der Waals surface area contributed by atoms with E-state index in [1.54, 1.807) is 41.2 Å². The Hall–Kier alpha value is -2.54. The molecule has 1 aromatic heterocycles. The zero-order valence-electron chi connectivity index (χ0n) is 14.1. The van der Waals surface area contributed by atoms with E-state index in [1.165, 1.54) is 0 Å². The van der Waals surface area contributed by atoms with Crippen molar-refractivity contribution in [1.82, 2.24) is 14.7 Å². The number of aromatic hydroxyl groups is 1. The summed E-state index contributed by atoms with van der Waals surface area (Å²) in [5.74, 6) is 0.193. The predicted molar refractivity (Wildman–Crippen MR) is 91.9 cm³/mol. The van der Waals surface area contributed by atoms with Gasteiger partial charge in [0.15, 0.2) is 0 Å². The summed E-state index contributed by atoms with van der Waals surface area (Å²) in [5.41, 5.74) is 1.35. The summed E-state index contributed by atoms with van der Waals surface area (Å²) >= 11 is 0. The Labute approximate surface area is 141 Å². The third-order valence-corrected chi connectivity index (χ3v) is 3.54. The number of carbonyl (C=O) groups excluding carboxylic acids is 1. The van der Waals surface area contributed by atoms with Crippen LogP contribution in [-0.2, 0) is 17.8 Å². The Morgan fingerprint density at radius 1 is 1.42 bits per heavy atom. The predicted octanol–water partition coefficient (Wildman–Crippen LogP) is 2.68. The molecule has 0 atom stereocenters. The number of hydrogen-bond acceptors (Lipinski definition) is 4. The van der Waals surface area contributed by atoms with Crippen molar-refractivity contribution < 1.29 is 14.6 Å². The first-order valence-corrected chi connectivity index (χ1v) is 7.98. The molecule has 130 valence electrons. The average molecular weight is 332 g/mol. The molecule has 1 aromatic carbocycles. The molecule has 24 heavy (non-hydrogen) atoms. The van der Waals surface area contributed by atoms with Crippen LogP contribution in [0, 0.1) is 0 Å². The van der Waals surface area contributed by atoms with Crippen LogP contribution in [0.15, 0.2) is 36.7 Å². The highest BCUT2D eigenvalue weighted by atomic mass is 16.5. The molecule has 0 spiro atoms. The Morgan fingerprint density at radius 2 is 2.21 bits per heavy atom. The summed E-state index contributed by atoms with van der Waals surface area (Å²) in [7, 11) is 1.63. The van der Waals surface area contributed by atoms with E-state index in [9.17, 15) is 9.90 Å². The van der Waals surface area contributed by atoms with E-state index < -0.39 is 0 Å². The number of carbonyl (C=O) groups is 1. The van der Waals surface area contributed by atoms with E-state index >= 15 is 0 Å². The molecular weight excluding hydrogens is 308 g/mol. The normalized spacial score (nSPS) is 10.6. The standard InChI is InChI=1S/C17H24N4O3/c1-3-8-20(12-14-6-4-5-7-16(14)22)17(23)19-15-11-18-21(13-15)9-10-24-2/h4-7,11,13,22H,3,8-10,12H2,1-2H3,(H,19,23). The van der Waals surface area contributed by atoms with E-state index in [1.807, 2.05) is 19.1 Å². The minimum absolute atomic E-state index is 0.193. The number of methoxy groups -OCH3 is 1. The lowest BCUT2D eigenvalue weighted by Gasteiger charge is -2.22. The smallest absolute Gasteiger partial charge is 0.322 e. The molecule has 7 nitrogen and oxygen atoms in total. The van der Waals surface area contributed by atoms with Crippen LogP contribution in [0.1, 0.15) is 18.9 Å². The molecule has 0 unspecified atom stereocenters. The molecule has 0 fully saturated rings. The summed E-state index contributed by atoms with van der Waals surface area (Å²) < 4.78 is 6.72. The second-order valence-electron chi connectivity index (χ2n) is 5.47. The lowest BCUT2D eigenvalue weighted by molar-refractivity contribution is 0.183. The van der Waals surface area contributed by atoms with Crippen LogP contribution in [-0.4, -0.2) is 46.1 Å². The summed E-state index contributed by atoms with van der Waals surface area (Å²) in [4.78, 5) is 14.2. The molecule has 2 aromatic rings. The molecule has 2 rings (SSSR count). The van der Waals surface area contributed by atoms with Crippen LogP contribution < -0.4 is 5.32 Å². The molecule has 0 saturated heterocycles. The maximum atomic E-state index is 12.5. The van der Waals surface area contributed by atoms with E-state index in [2.05, 4.69) is 10.4 Å². The number of phenols is 1. The molecule has 0 aliphatic heterocycles. The number of amides is 2. The van der Waals surface area contributed by atoms with Gasteiger partial charge in [-0.1, -0.05) is 25.1 Å². The largest absolute Gasteiger partial charge is 0.508 e. The molecule has 0 radical (unpaired) electrons. The highest BCUT2D eigenvalue weighted by molar-refractivity contribution is 5.89. The number of aromatic nitrogens is 2. The van der Waals surface area contributed by atoms with Gasteiger partial charge in [0, 0.05) is 25.4 Å². The summed E-state index contributed by atoms with van der Waals surface area (Å²) in [6.45, 7) is 4.14. The van der Waals surface area contributed by atoms with Crippen molar-refractivity contribution in [3.05, 3.63) is 42.2 Å². The number of benzene rings is 1. The lowest BCUT2D eigenvalue weighted by atomic mass is 10.2. The van der Waals surface area contributed by atoms with Crippen molar-refractivity contribution in [1.29, 1.82) is 0 Å². The van der Waals surface area contributed by atoms with Crippen molar-refractivity contribution >= 4 is 11.7 Å². The van der Waals surface area contributed by atoms with Gasteiger partial charge in [-0.25, -0.2) is 4.79 Å². The topological polar surface area (TPSA) is 79.6 Å². The van der Waals surface area contributed by atoms with Gasteiger partial charge in [0.25, 0.3) is 0 Å². The zero-order valence-corrected chi connectivity index (χ0v) is 14.1. The molecule has 0 saturated carbocycles. The minimum atomic E-state index is -0.216. The highest BCUT2D eigenvalue weighted by Gasteiger charge is 2.15. The summed E-state index contributed by atoms with van der Waals surface area (Å²) in [6.07, 6.45) is 4.20. The Balaban J connectivity index is 2.00. The molecule has 2 N–H and O–H groups in total. The third-order valence-electron chi connectivity index (χ3n) is 3.54. The van der Waals surface area contributed by atoms with Gasteiger partial charge in [0.2, 0.25) is 0 Å². The molecule has 0 bridgehead atoms. The number of hydrogen-bond donors (Lipinski definition) is 2. The number of ether oxygens (including phenoxy) is 1. The monoisotopic (exact) mass is 332 g/mol. The molecular formula is C17H24N4O3. The van der Waals surface area contributed by atoms with Crippen LogP contribution in [0.4, 0.5) is 10.5 Å². The van der Waals surface area contributed by atoms with Crippen molar-refractivity contribution in [3.63, 3.8) is 0 Å². The van der Waals surface area contributed by atoms with Crippen LogP contribution in [0.3, 0.4) is 0 Å². The number of phenolic OH excluding ortho intramolecular Hbond substituents is 1. The van der Waals surface area contributed by atoms with E-state index in [0.717, 1.165) is 12.0 Å². The van der Waals surface area contributed by atoms with Gasteiger partial charge in [-0.2, -0.15) is 5.10 Å². The number of urea groups is 1. The van der Waals surface area contributed by atoms with Crippen molar-refractivity contribution in [2.45, 2.75) is 26.4 Å². The molecule has 0 aliphatic carbocycles. The molecule has 7 heteroatoms. The highest BCUT2D eigenvalue weighted by Crippen LogP contribution is 2.18. The number of anilines is 1. The number of nitrogens with zero attached hydrogens (tertiary/aromatic N) is 3. The Kier molecular flexibility index (Phi) is 6.62. The van der Waals surface area contributed by atoms with Gasteiger partial charge in [-0.05, 0) is 12.5 Å². The first kappa shape index (κ1) is 17.8. The van der Waals surface area contributed by atoms with Crippen LogP contribution in [0.5, 0.6) is 5.75 Å².